The van der Waals surface area contributed by atoms with Gasteiger partial charge < -0.3 is 9.47 Å². The van der Waals surface area contributed by atoms with Crippen molar-refractivity contribution in [2.24, 2.45) is 0 Å². The molecule has 0 saturated carbocycles. The number of hydrogen-bond donors (Lipinski definition) is 0. The molecule has 1 aliphatic heterocycles. The van der Waals surface area contributed by atoms with Crippen molar-refractivity contribution in [3.8, 4) is 22.8 Å². The monoisotopic (exact) mass is 439 g/mol. The van der Waals surface area contributed by atoms with Gasteiger partial charge in [0.25, 0.3) is 0 Å². The molecule has 0 amide bonds. The fourth-order valence-corrected chi connectivity index (χ4v) is 4.80. The molecule has 166 valence electrons. The van der Waals surface area contributed by atoms with Crippen molar-refractivity contribution >= 4 is 0 Å². The van der Waals surface area contributed by atoms with Crippen molar-refractivity contribution in [1.29, 1.82) is 0 Å². The Morgan fingerprint density at radius 1 is 0.909 bits per heavy atom. The first-order valence-corrected chi connectivity index (χ1v) is 11.2. The van der Waals surface area contributed by atoms with E-state index in [4.69, 9.17) is 9.47 Å². The van der Waals surface area contributed by atoms with Crippen LogP contribution in [0.25, 0.3) is 11.1 Å². The summed E-state index contributed by atoms with van der Waals surface area (Å²) in [6.45, 7) is 0. The van der Waals surface area contributed by atoms with Crippen LogP contribution in [0.2, 0.25) is 0 Å². The predicted octanol–water partition coefficient (Wildman–Crippen LogP) is 6.45. The van der Waals surface area contributed by atoms with Gasteiger partial charge in [0, 0.05) is 30.2 Å². The van der Waals surface area contributed by atoms with Crippen molar-refractivity contribution in [2.45, 2.75) is 31.3 Å². The van der Waals surface area contributed by atoms with Crippen molar-refractivity contribution < 1.29 is 13.9 Å². The smallest absolute Gasteiger partial charge is 0.250 e. The predicted molar refractivity (Wildman–Crippen MR) is 128 cm³/mol. The number of aromatic nitrogens is 1. The van der Waals surface area contributed by atoms with Crippen molar-refractivity contribution in [3.63, 3.8) is 0 Å². The lowest BCUT2D eigenvalue weighted by molar-refractivity contribution is 0.0466. The summed E-state index contributed by atoms with van der Waals surface area (Å²) >= 11 is 0. The van der Waals surface area contributed by atoms with E-state index >= 15 is 0 Å². The normalized spacial score (nSPS) is 14.2. The minimum absolute atomic E-state index is 0.00420. The molecule has 0 aliphatic carbocycles. The first-order chi connectivity index (χ1) is 16.2. The Hall–Kier alpha value is -3.66. The Morgan fingerprint density at radius 3 is 2.18 bits per heavy atom. The van der Waals surface area contributed by atoms with Gasteiger partial charge in [-0.25, -0.2) is 9.37 Å². The summed E-state index contributed by atoms with van der Waals surface area (Å²) < 4.78 is 26.2. The lowest BCUT2D eigenvalue weighted by Crippen LogP contribution is -2.44. The molecule has 3 nitrogen and oxygen atoms in total. The SMILES string of the molecule is COc1ncc(-c2cccc3c2CCC(Cc2ccccc2)(Cc2ccccc2)O3)cc1F. The molecule has 0 bridgehead atoms. The van der Waals surface area contributed by atoms with Gasteiger partial charge in [-0.2, -0.15) is 0 Å². The Bertz CT molecular complexity index is 1200. The summed E-state index contributed by atoms with van der Waals surface area (Å²) in [4.78, 5) is 4.12. The maximum absolute atomic E-state index is 14.4. The second kappa shape index (κ2) is 9.07. The van der Waals surface area contributed by atoms with Crippen LogP contribution in [-0.4, -0.2) is 17.7 Å². The standard InChI is InChI=1S/C29H26FNO2/c1-32-28-26(30)17-23(20-31-28)24-13-8-14-27-25(24)15-16-29(33-27,18-21-9-4-2-5-10-21)19-22-11-6-3-7-12-22/h2-14,17,20H,15-16,18-19H2,1H3. The first kappa shape index (κ1) is 21.2. The quantitative estimate of drug-likeness (QED) is 0.346. The fourth-order valence-electron chi connectivity index (χ4n) is 4.80. The highest BCUT2D eigenvalue weighted by atomic mass is 19.1. The van der Waals surface area contributed by atoms with E-state index < -0.39 is 5.82 Å². The molecule has 1 aliphatic rings. The van der Waals surface area contributed by atoms with Crippen LogP contribution in [0.15, 0.2) is 91.1 Å². The van der Waals surface area contributed by atoms with E-state index in [1.165, 1.54) is 24.3 Å². The molecule has 4 heteroatoms. The third-order valence-corrected chi connectivity index (χ3v) is 6.34. The number of rotatable bonds is 6. The molecule has 0 fully saturated rings. The maximum atomic E-state index is 14.4. The van der Waals surface area contributed by atoms with Gasteiger partial charge in [-0.05, 0) is 41.7 Å². The second-order valence-electron chi connectivity index (χ2n) is 8.61. The van der Waals surface area contributed by atoms with Crippen molar-refractivity contribution in [1.82, 2.24) is 4.98 Å². The minimum Gasteiger partial charge on any atom is -0.486 e. The third-order valence-electron chi connectivity index (χ3n) is 6.34. The van der Waals surface area contributed by atoms with Gasteiger partial charge in [0.05, 0.1) is 7.11 Å². The van der Waals surface area contributed by atoms with E-state index in [2.05, 4.69) is 53.5 Å². The fraction of sp³-hybridized carbons (Fsp3) is 0.207. The van der Waals surface area contributed by atoms with Crippen LogP contribution in [0, 0.1) is 5.82 Å². The number of ether oxygens (including phenoxy) is 2. The molecule has 0 spiro atoms. The van der Waals surface area contributed by atoms with Gasteiger partial charge in [-0.15, -0.1) is 0 Å². The van der Waals surface area contributed by atoms with Gasteiger partial charge in [-0.3, -0.25) is 0 Å². The summed E-state index contributed by atoms with van der Waals surface area (Å²) in [5, 5.41) is 0. The van der Waals surface area contributed by atoms with Gasteiger partial charge in [-0.1, -0.05) is 72.8 Å². The number of hydrogen-bond acceptors (Lipinski definition) is 3. The molecule has 2 heterocycles. The summed E-state index contributed by atoms with van der Waals surface area (Å²) in [6.07, 6.45) is 5.02. The Kier molecular flexibility index (Phi) is 5.82. The summed E-state index contributed by atoms with van der Waals surface area (Å²) in [7, 11) is 1.42. The molecule has 0 radical (unpaired) electrons. The van der Waals surface area contributed by atoms with Crippen LogP contribution < -0.4 is 9.47 Å². The van der Waals surface area contributed by atoms with Gasteiger partial charge >= 0.3 is 0 Å². The average Bonchev–Trinajstić information content (AvgIpc) is 2.84. The van der Waals surface area contributed by atoms with Crippen LogP contribution in [0.1, 0.15) is 23.1 Å². The van der Waals surface area contributed by atoms with Crippen LogP contribution in [0.5, 0.6) is 11.6 Å². The number of pyridine rings is 1. The average molecular weight is 440 g/mol. The summed E-state index contributed by atoms with van der Waals surface area (Å²) in [5.41, 5.74) is 4.95. The van der Waals surface area contributed by atoms with E-state index in [1.807, 2.05) is 30.3 Å². The zero-order valence-corrected chi connectivity index (χ0v) is 18.6. The van der Waals surface area contributed by atoms with Gasteiger partial charge in [0.15, 0.2) is 5.82 Å². The molecule has 0 N–H and O–H groups in total. The molecule has 33 heavy (non-hydrogen) atoms. The van der Waals surface area contributed by atoms with Crippen LogP contribution >= 0.6 is 0 Å². The van der Waals surface area contributed by atoms with E-state index in [1.54, 1.807) is 6.20 Å². The molecule has 1 aromatic heterocycles. The zero-order valence-electron chi connectivity index (χ0n) is 18.6. The minimum atomic E-state index is -0.466. The lowest BCUT2D eigenvalue weighted by Gasteiger charge is -2.40. The molecule has 4 aromatic rings. The Labute approximate surface area is 193 Å². The van der Waals surface area contributed by atoms with Gasteiger partial charge in [0.2, 0.25) is 5.88 Å². The second-order valence-corrected chi connectivity index (χ2v) is 8.61. The molecule has 3 aromatic carbocycles. The number of halogens is 1. The topological polar surface area (TPSA) is 31.4 Å². The molecule has 0 atom stereocenters. The Morgan fingerprint density at radius 2 is 1.58 bits per heavy atom. The molecule has 0 saturated heterocycles. The maximum Gasteiger partial charge on any atom is 0.250 e. The van der Waals surface area contributed by atoms with Crippen molar-refractivity contribution in [3.05, 3.63) is 114 Å². The molecule has 5 rings (SSSR count). The zero-order chi connectivity index (χ0) is 22.7. The molecular weight excluding hydrogens is 413 g/mol. The number of methoxy groups -OCH3 is 1. The molecule has 0 unspecified atom stereocenters. The first-order valence-electron chi connectivity index (χ1n) is 11.2. The van der Waals surface area contributed by atoms with E-state index in [0.717, 1.165) is 48.1 Å². The highest BCUT2D eigenvalue weighted by Gasteiger charge is 2.37. The summed E-state index contributed by atoms with van der Waals surface area (Å²) in [6, 6.07) is 28.5. The number of benzene rings is 3. The van der Waals surface area contributed by atoms with E-state index in [-0.39, 0.29) is 11.5 Å². The number of nitrogens with zero attached hydrogens (tertiary/aromatic N) is 1. The van der Waals surface area contributed by atoms with Crippen LogP contribution in [-0.2, 0) is 19.3 Å². The molecular formula is C29H26FNO2. The van der Waals surface area contributed by atoms with Crippen LogP contribution in [0.4, 0.5) is 4.39 Å². The lowest BCUT2D eigenvalue weighted by atomic mass is 9.80. The van der Waals surface area contributed by atoms with Crippen LogP contribution in [0.3, 0.4) is 0 Å². The van der Waals surface area contributed by atoms with E-state index in [9.17, 15) is 4.39 Å². The van der Waals surface area contributed by atoms with Gasteiger partial charge in [0.1, 0.15) is 11.4 Å². The Balaban J connectivity index is 1.51. The van der Waals surface area contributed by atoms with E-state index in [0.29, 0.717) is 0 Å². The number of fused-ring (bicyclic) bond motifs is 1. The third kappa shape index (κ3) is 4.47. The summed E-state index contributed by atoms with van der Waals surface area (Å²) in [5.74, 6) is 0.401. The largest absolute Gasteiger partial charge is 0.486 e. The van der Waals surface area contributed by atoms with Crippen molar-refractivity contribution in [2.75, 3.05) is 7.11 Å². The highest BCUT2D eigenvalue weighted by molar-refractivity contribution is 5.70. The highest BCUT2D eigenvalue weighted by Crippen LogP contribution is 2.42.